The lowest BCUT2D eigenvalue weighted by atomic mass is 10.0. The average Bonchev–Trinajstić information content (AvgIpc) is 2.88. The summed E-state index contributed by atoms with van der Waals surface area (Å²) in [4.78, 5) is 0. The fraction of sp³-hybridized carbons (Fsp3) is 1.00. The summed E-state index contributed by atoms with van der Waals surface area (Å²) in [7, 11) is -1.94. The molecule has 0 bridgehead atoms. The van der Waals surface area contributed by atoms with Gasteiger partial charge in [0, 0.05) is 13.2 Å². The number of unbranched alkanes of at least 4 members (excludes halogenated alkanes) is 22. The van der Waals surface area contributed by atoms with Crippen LogP contribution in [0.15, 0.2) is 0 Å². The third-order valence-corrected chi connectivity index (χ3v) is 11.4. The molecule has 0 aromatic rings. The van der Waals surface area contributed by atoms with Crippen LogP contribution in [0.5, 0.6) is 0 Å². The molecule has 0 aromatic heterocycles. The second kappa shape index (κ2) is 28.7. The molecule has 0 saturated heterocycles. The topological polar surface area (TPSA) is 18.5 Å². The molecule has 35 heavy (non-hydrogen) atoms. The largest absolute Gasteiger partial charge is 0.394 e. The lowest BCUT2D eigenvalue weighted by Crippen LogP contribution is -2.41. The van der Waals surface area contributed by atoms with Crippen molar-refractivity contribution in [2.45, 2.75) is 194 Å². The molecule has 0 fully saturated rings. The smallest absolute Gasteiger partial charge is 0.337 e. The van der Waals surface area contributed by atoms with Gasteiger partial charge in [0.15, 0.2) is 0 Å². The maximum atomic E-state index is 6.44. The Balaban J connectivity index is 3.51. The molecular formula is C32H68O2Si. The maximum absolute atomic E-state index is 6.44. The van der Waals surface area contributed by atoms with Gasteiger partial charge < -0.3 is 8.85 Å². The van der Waals surface area contributed by atoms with Crippen molar-refractivity contribution in [1.29, 1.82) is 0 Å². The summed E-state index contributed by atoms with van der Waals surface area (Å²) in [5.41, 5.74) is 0. The Kier molecular flexibility index (Phi) is 28.8. The zero-order valence-corrected chi connectivity index (χ0v) is 26.1. The van der Waals surface area contributed by atoms with E-state index in [0.717, 1.165) is 25.3 Å². The summed E-state index contributed by atoms with van der Waals surface area (Å²) in [6, 6.07) is 2.19. The van der Waals surface area contributed by atoms with Gasteiger partial charge in [0.05, 0.1) is 0 Å². The van der Waals surface area contributed by atoms with Crippen LogP contribution in [0.4, 0.5) is 0 Å². The van der Waals surface area contributed by atoms with Crippen LogP contribution in [0.2, 0.25) is 12.1 Å². The van der Waals surface area contributed by atoms with Gasteiger partial charge in [-0.2, -0.15) is 0 Å². The van der Waals surface area contributed by atoms with E-state index >= 15 is 0 Å². The lowest BCUT2D eigenvalue weighted by molar-refractivity contribution is 0.163. The molecule has 3 heteroatoms. The van der Waals surface area contributed by atoms with E-state index < -0.39 is 8.56 Å². The SMILES string of the molecule is CCCCCCCCCCCCCCCCCCO[Si](CC)(CC)OCCCCCCCCCC. The third kappa shape index (κ3) is 24.2. The van der Waals surface area contributed by atoms with Crippen LogP contribution in [-0.2, 0) is 8.85 Å². The number of rotatable bonds is 30. The standard InChI is InChI=1S/C32H68O2Si/c1-5-9-11-13-15-17-18-19-20-21-22-23-24-26-28-30-32-34-35(7-3,8-4)33-31-29-27-25-16-14-12-10-6-2/h5-32H2,1-4H3. The summed E-state index contributed by atoms with van der Waals surface area (Å²) in [6.07, 6.45) is 33.6. The first-order chi connectivity index (χ1) is 17.2. The van der Waals surface area contributed by atoms with Crippen LogP contribution in [0.25, 0.3) is 0 Å². The molecule has 0 spiro atoms. The second-order valence-corrected chi connectivity index (χ2v) is 14.9. The second-order valence-electron chi connectivity index (χ2n) is 11.1. The van der Waals surface area contributed by atoms with Crippen LogP contribution in [-0.4, -0.2) is 21.8 Å². The quantitative estimate of drug-likeness (QED) is 0.0703. The highest BCUT2D eigenvalue weighted by molar-refractivity contribution is 6.67. The van der Waals surface area contributed by atoms with Gasteiger partial charge >= 0.3 is 8.56 Å². The third-order valence-electron chi connectivity index (χ3n) is 7.80. The molecule has 0 aliphatic rings. The van der Waals surface area contributed by atoms with E-state index in [1.165, 1.54) is 154 Å². The summed E-state index contributed by atoms with van der Waals surface area (Å²) in [5, 5.41) is 0. The van der Waals surface area contributed by atoms with Crippen molar-refractivity contribution in [2.24, 2.45) is 0 Å². The van der Waals surface area contributed by atoms with Gasteiger partial charge in [-0.15, -0.1) is 0 Å². The van der Waals surface area contributed by atoms with E-state index in [0.29, 0.717) is 0 Å². The normalized spacial score (nSPS) is 12.0. The first-order valence-electron chi connectivity index (χ1n) is 16.5. The molecule has 0 aromatic carbocycles. The van der Waals surface area contributed by atoms with Crippen LogP contribution in [0.3, 0.4) is 0 Å². The maximum Gasteiger partial charge on any atom is 0.337 e. The highest BCUT2D eigenvalue weighted by Crippen LogP contribution is 2.21. The molecule has 0 aliphatic carbocycles. The molecule has 0 rings (SSSR count). The summed E-state index contributed by atoms with van der Waals surface area (Å²) >= 11 is 0. The summed E-state index contributed by atoms with van der Waals surface area (Å²) in [5.74, 6) is 0. The lowest BCUT2D eigenvalue weighted by Gasteiger charge is -2.29. The van der Waals surface area contributed by atoms with Crippen molar-refractivity contribution < 1.29 is 8.85 Å². The van der Waals surface area contributed by atoms with Gasteiger partial charge in [-0.1, -0.05) is 169 Å². The van der Waals surface area contributed by atoms with Gasteiger partial charge in [-0.05, 0) is 24.9 Å². The molecule has 0 heterocycles. The first kappa shape index (κ1) is 35.1. The Bertz CT molecular complexity index is 384. The van der Waals surface area contributed by atoms with Crippen molar-refractivity contribution in [2.75, 3.05) is 13.2 Å². The number of hydrogen-bond acceptors (Lipinski definition) is 2. The molecule has 0 saturated carbocycles. The Morgan fingerprint density at radius 3 is 0.771 bits per heavy atom. The van der Waals surface area contributed by atoms with Crippen LogP contribution < -0.4 is 0 Å². The van der Waals surface area contributed by atoms with Crippen molar-refractivity contribution in [3.8, 4) is 0 Å². The molecule has 2 nitrogen and oxygen atoms in total. The Morgan fingerprint density at radius 2 is 0.543 bits per heavy atom. The molecule has 212 valence electrons. The molecule has 0 aliphatic heterocycles. The highest BCUT2D eigenvalue weighted by atomic mass is 28.4. The van der Waals surface area contributed by atoms with Gasteiger partial charge in [0.2, 0.25) is 0 Å². The van der Waals surface area contributed by atoms with Gasteiger partial charge in [-0.25, -0.2) is 0 Å². The molecule has 0 unspecified atom stereocenters. The Morgan fingerprint density at radius 1 is 0.314 bits per heavy atom. The first-order valence-corrected chi connectivity index (χ1v) is 18.8. The number of hydrogen-bond donors (Lipinski definition) is 0. The van der Waals surface area contributed by atoms with E-state index in [4.69, 9.17) is 8.85 Å². The predicted octanol–water partition coefficient (Wildman–Crippen LogP) is 11.9. The fourth-order valence-electron chi connectivity index (χ4n) is 5.10. The zero-order valence-electron chi connectivity index (χ0n) is 25.1. The summed E-state index contributed by atoms with van der Waals surface area (Å²) < 4.78 is 12.9. The van der Waals surface area contributed by atoms with E-state index in [-0.39, 0.29) is 0 Å². The Labute approximate surface area is 224 Å². The predicted molar refractivity (Wildman–Crippen MR) is 161 cm³/mol. The molecule has 0 atom stereocenters. The zero-order chi connectivity index (χ0) is 25.7. The summed E-state index contributed by atoms with van der Waals surface area (Å²) in [6.45, 7) is 11.0. The van der Waals surface area contributed by atoms with Crippen molar-refractivity contribution in [1.82, 2.24) is 0 Å². The van der Waals surface area contributed by atoms with Gasteiger partial charge in [0.25, 0.3) is 0 Å². The minimum Gasteiger partial charge on any atom is -0.394 e. The van der Waals surface area contributed by atoms with Crippen molar-refractivity contribution >= 4 is 8.56 Å². The van der Waals surface area contributed by atoms with E-state index in [1.807, 2.05) is 0 Å². The molecule has 0 amide bonds. The molecule has 0 N–H and O–H groups in total. The van der Waals surface area contributed by atoms with Crippen LogP contribution >= 0.6 is 0 Å². The van der Waals surface area contributed by atoms with Crippen LogP contribution in [0.1, 0.15) is 182 Å². The average molecular weight is 513 g/mol. The molecular weight excluding hydrogens is 444 g/mol. The van der Waals surface area contributed by atoms with Gasteiger partial charge in [0.1, 0.15) is 0 Å². The minimum atomic E-state index is -1.94. The van der Waals surface area contributed by atoms with E-state index in [1.54, 1.807) is 0 Å². The highest BCUT2D eigenvalue weighted by Gasteiger charge is 2.33. The minimum absolute atomic E-state index is 0.918. The van der Waals surface area contributed by atoms with E-state index in [9.17, 15) is 0 Å². The van der Waals surface area contributed by atoms with Gasteiger partial charge in [-0.3, -0.25) is 0 Å². The van der Waals surface area contributed by atoms with Crippen molar-refractivity contribution in [3.63, 3.8) is 0 Å². The Hall–Kier alpha value is 0.137. The molecule has 0 radical (unpaired) electrons. The monoisotopic (exact) mass is 512 g/mol. The fourth-order valence-corrected chi connectivity index (χ4v) is 7.53. The van der Waals surface area contributed by atoms with E-state index in [2.05, 4.69) is 27.7 Å². The van der Waals surface area contributed by atoms with Crippen LogP contribution in [0, 0.1) is 0 Å². The van der Waals surface area contributed by atoms with Crippen molar-refractivity contribution in [3.05, 3.63) is 0 Å².